The molecule has 1 saturated heterocycles. The topological polar surface area (TPSA) is 54.9 Å². The number of ether oxygens (including phenoxy) is 2. The zero-order valence-electron chi connectivity index (χ0n) is 17.2. The number of carbonyl (C=O) groups excluding carboxylic acids is 1. The fraction of sp³-hybridized carbons (Fsp3) is 0.304. The molecule has 1 aliphatic heterocycles. The van der Waals surface area contributed by atoms with Gasteiger partial charge in [0.15, 0.2) is 0 Å². The third-order valence-electron chi connectivity index (χ3n) is 5.16. The van der Waals surface area contributed by atoms with Crippen molar-refractivity contribution in [1.82, 2.24) is 9.88 Å². The summed E-state index contributed by atoms with van der Waals surface area (Å²) >= 11 is 1.45. The number of hydrogen-bond acceptors (Lipinski definition) is 6. The molecule has 6 nitrogen and oxygen atoms in total. The number of methoxy groups -OCH3 is 1. The Bertz CT molecular complexity index is 1010. The third-order valence-corrected chi connectivity index (χ3v) is 6.03. The SMILES string of the molecule is COc1ccccc1-c1nc(C(=O)N(C)Cc2ccccc2N2CCOCC2)cs1. The summed E-state index contributed by atoms with van der Waals surface area (Å²) in [6, 6.07) is 16.0. The van der Waals surface area contributed by atoms with Crippen LogP contribution in [0.15, 0.2) is 53.9 Å². The molecule has 156 valence electrons. The van der Waals surface area contributed by atoms with Crippen LogP contribution in [-0.2, 0) is 11.3 Å². The summed E-state index contributed by atoms with van der Waals surface area (Å²) in [6.45, 7) is 3.71. The Balaban J connectivity index is 1.51. The van der Waals surface area contributed by atoms with Gasteiger partial charge in [-0.1, -0.05) is 30.3 Å². The first-order chi connectivity index (χ1) is 14.7. The molecule has 0 spiro atoms. The van der Waals surface area contributed by atoms with Crippen LogP contribution >= 0.6 is 11.3 Å². The first-order valence-electron chi connectivity index (χ1n) is 9.92. The molecule has 0 N–H and O–H groups in total. The number of para-hydroxylation sites is 2. The second-order valence-corrected chi connectivity index (χ2v) is 7.99. The van der Waals surface area contributed by atoms with E-state index in [1.54, 1.807) is 12.0 Å². The average molecular weight is 424 g/mol. The van der Waals surface area contributed by atoms with Crippen LogP contribution < -0.4 is 9.64 Å². The van der Waals surface area contributed by atoms with Gasteiger partial charge in [0.25, 0.3) is 5.91 Å². The largest absolute Gasteiger partial charge is 0.496 e. The molecule has 7 heteroatoms. The second-order valence-electron chi connectivity index (χ2n) is 7.13. The van der Waals surface area contributed by atoms with Crippen LogP contribution in [0.1, 0.15) is 16.1 Å². The summed E-state index contributed by atoms with van der Waals surface area (Å²) < 4.78 is 10.9. The molecule has 4 rings (SSSR count). The van der Waals surface area contributed by atoms with Gasteiger partial charge in [0.1, 0.15) is 16.5 Å². The number of thiazole rings is 1. The predicted octanol–water partition coefficient (Wildman–Crippen LogP) is 3.93. The van der Waals surface area contributed by atoms with Crippen molar-refractivity contribution in [2.24, 2.45) is 0 Å². The fourth-order valence-electron chi connectivity index (χ4n) is 3.60. The van der Waals surface area contributed by atoms with E-state index < -0.39 is 0 Å². The number of nitrogens with zero attached hydrogens (tertiary/aromatic N) is 3. The summed E-state index contributed by atoms with van der Waals surface area (Å²) in [6.07, 6.45) is 0. The van der Waals surface area contributed by atoms with E-state index in [0.717, 1.165) is 53.9 Å². The molecule has 1 aliphatic rings. The summed E-state index contributed by atoms with van der Waals surface area (Å²) in [5.74, 6) is 0.655. The molecule has 0 atom stereocenters. The van der Waals surface area contributed by atoms with Crippen LogP contribution in [0.25, 0.3) is 10.6 Å². The lowest BCUT2D eigenvalue weighted by atomic mass is 10.1. The lowest BCUT2D eigenvalue weighted by Gasteiger charge is -2.31. The van der Waals surface area contributed by atoms with Crippen molar-refractivity contribution >= 4 is 22.9 Å². The van der Waals surface area contributed by atoms with Crippen LogP contribution in [0.3, 0.4) is 0 Å². The first kappa shape index (κ1) is 20.4. The van der Waals surface area contributed by atoms with E-state index in [4.69, 9.17) is 9.47 Å². The molecule has 0 saturated carbocycles. The van der Waals surface area contributed by atoms with Gasteiger partial charge in [0.2, 0.25) is 0 Å². The summed E-state index contributed by atoms with van der Waals surface area (Å²) in [5, 5.41) is 2.59. The molecule has 0 unspecified atom stereocenters. The second kappa shape index (κ2) is 9.28. The van der Waals surface area contributed by atoms with Gasteiger partial charge in [0.05, 0.1) is 25.9 Å². The van der Waals surface area contributed by atoms with E-state index in [1.807, 2.05) is 48.8 Å². The maximum atomic E-state index is 13.0. The van der Waals surface area contributed by atoms with Gasteiger partial charge in [-0.15, -0.1) is 11.3 Å². The van der Waals surface area contributed by atoms with Crippen LogP contribution in [0, 0.1) is 0 Å². The van der Waals surface area contributed by atoms with Gasteiger partial charge in [-0.05, 0) is 23.8 Å². The smallest absolute Gasteiger partial charge is 0.273 e. The number of morpholine rings is 1. The number of benzene rings is 2. The average Bonchev–Trinajstić information content (AvgIpc) is 3.29. The Morgan fingerprint density at radius 1 is 1.17 bits per heavy atom. The molecule has 0 aliphatic carbocycles. The van der Waals surface area contributed by atoms with Crippen LogP contribution in [-0.4, -0.2) is 56.3 Å². The summed E-state index contributed by atoms with van der Waals surface area (Å²) in [7, 11) is 3.46. The van der Waals surface area contributed by atoms with Crippen LogP contribution in [0.2, 0.25) is 0 Å². The highest BCUT2D eigenvalue weighted by Crippen LogP contribution is 2.32. The zero-order valence-corrected chi connectivity index (χ0v) is 18.0. The highest BCUT2D eigenvalue weighted by atomic mass is 32.1. The lowest BCUT2D eigenvalue weighted by Crippen LogP contribution is -2.37. The zero-order chi connectivity index (χ0) is 20.9. The normalized spacial score (nSPS) is 13.9. The Hall–Kier alpha value is -2.90. The Morgan fingerprint density at radius 2 is 1.90 bits per heavy atom. The van der Waals surface area contributed by atoms with Crippen molar-refractivity contribution in [2.45, 2.75) is 6.54 Å². The quantitative estimate of drug-likeness (QED) is 0.601. The Kier molecular flexibility index (Phi) is 6.30. The number of aromatic nitrogens is 1. The van der Waals surface area contributed by atoms with E-state index in [9.17, 15) is 4.79 Å². The molecular weight excluding hydrogens is 398 g/mol. The standard InChI is InChI=1S/C23H25N3O3S/c1-25(15-17-7-3-5-9-20(17)26-11-13-29-14-12-26)23(27)19-16-30-22(24-19)18-8-4-6-10-21(18)28-2/h3-10,16H,11-15H2,1-2H3. The summed E-state index contributed by atoms with van der Waals surface area (Å²) in [4.78, 5) is 21.7. The van der Waals surface area contributed by atoms with Gasteiger partial charge in [-0.25, -0.2) is 4.98 Å². The molecule has 0 radical (unpaired) electrons. The minimum Gasteiger partial charge on any atom is -0.496 e. The highest BCUT2D eigenvalue weighted by molar-refractivity contribution is 7.13. The number of hydrogen-bond donors (Lipinski definition) is 0. The molecule has 1 aromatic heterocycles. The van der Waals surface area contributed by atoms with Crippen molar-refractivity contribution in [1.29, 1.82) is 0 Å². The molecule has 1 fully saturated rings. The predicted molar refractivity (Wildman–Crippen MR) is 119 cm³/mol. The molecular formula is C23H25N3O3S. The number of anilines is 1. The Labute approximate surface area is 180 Å². The van der Waals surface area contributed by atoms with Crippen molar-refractivity contribution in [3.05, 3.63) is 65.2 Å². The molecule has 1 amide bonds. The minimum atomic E-state index is -0.0934. The molecule has 3 aromatic rings. The maximum Gasteiger partial charge on any atom is 0.273 e. The molecule has 2 heterocycles. The van der Waals surface area contributed by atoms with E-state index in [1.165, 1.54) is 11.3 Å². The van der Waals surface area contributed by atoms with Crippen LogP contribution in [0.4, 0.5) is 5.69 Å². The van der Waals surface area contributed by atoms with Gasteiger partial charge < -0.3 is 19.3 Å². The van der Waals surface area contributed by atoms with E-state index in [0.29, 0.717) is 12.2 Å². The lowest BCUT2D eigenvalue weighted by molar-refractivity contribution is 0.0780. The molecule has 30 heavy (non-hydrogen) atoms. The fourth-order valence-corrected chi connectivity index (χ4v) is 4.42. The number of carbonyl (C=O) groups is 1. The minimum absolute atomic E-state index is 0.0934. The van der Waals surface area contributed by atoms with Crippen molar-refractivity contribution < 1.29 is 14.3 Å². The summed E-state index contributed by atoms with van der Waals surface area (Å²) in [5.41, 5.74) is 3.63. The van der Waals surface area contributed by atoms with Gasteiger partial charge in [0, 0.05) is 37.7 Å². The van der Waals surface area contributed by atoms with Gasteiger partial charge in [-0.3, -0.25) is 4.79 Å². The molecule has 0 bridgehead atoms. The highest BCUT2D eigenvalue weighted by Gasteiger charge is 2.20. The third kappa shape index (κ3) is 4.32. The first-order valence-corrected chi connectivity index (χ1v) is 10.8. The Morgan fingerprint density at radius 3 is 2.70 bits per heavy atom. The van der Waals surface area contributed by atoms with E-state index in [-0.39, 0.29) is 5.91 Å². The van der Waals surface area contributed by atoms with Crippen molar-refractivity contribution in [2.75, 3.05) is 45.4 Å². The van der Waals surface area contributed by atoms with Gasteiger partial charge >= 0.3 is 0 Å². The van der Waals surface area contributed by atoms with Crippen LogP contribution in [0.5, 0.6) is 5.75 Å². The van der Waals surface area contributed by atoms with E-state index in [2.05, 4.69) is 22.0 Å². The number of rotatable bonds is 6. The molecule has 2 aromatic carbocycles. The van der Waals surface area contributed by atoms with Crippen molar-refractivity contribution in [3.63, 3.8) is 0 Å². The van der Waals surface area contributed by atoms with Crippen molar-refractivity contribution in [3.8, 4) is 16.3 Å². The monoisotopic (exact) mass is 423 g/mol. The maximum absolute atomic E-state index is 13.0. The van der Waals surface area contributed by atoms with Gasteiger partial charge in [-0.2, -0.15) is 0 Å². The number of amides is 1. The van der Waals surface area contributed by atoms with E-state index >= 15 is 0 Å².